The Morgan fingerprint density at radius 3 is 1.39 bits per heavy atom. The lowest BCUT2D eigenvalue weighted by Gasteiger charge is -2.12. The highest BCUT2D eigenvalue weighted by molar-refractivity contribution is 7.98. The fourth-order valence-corrected chi connectivity index (χ4v) is 2.92. The van der Waals surface area contributed by atoms with Crippen LogP contribution >= 0.6 is 23.5 Å². The molecule has 0 atom stereocenters. The summed E-state index contributed by atoms with van der Waals surface area (Å²) in [5, 5.41) is 0. The van der Waals surface area contributed by atoms with E-state index in [9.17, 15) is 0 Å². The average molecular weight is 274 g/mol. The quantitative estimate of drug-likeness (QED) is 0.686. The van der Waals surface area contributed by atoms with Crippen LogP contribution in [0.2, 0.25) is 0 Å². The summed E-state index contributed by atoms with van der Waals surface area (Å²) in [6.45, 7) is 4.37. The number of benzene rings is 2. The Labute approximate surface area is 118 Å². The molecule has 2 aromatic carbocycles. The Morgan fingerprint density at radius 1 is 0.667 bits per heavy atom. The lowest BCUT2D eigenvalue weighted by atomic mass is 9.97. The monoisotopic (exact) mass is 274 g/mol. The third kappa shape index (κ3) is 2.76. The van der Waals surface area contributed by atoms with Crippen molar-refractivity contribution in [2.75, 3.05) is 12.5 Å². The number of hydrogen-bond acceptors (Lipinski definition) is 2. The van der Waals surface area contributed by atoms with Gasteiger partial charge in [-0.25, -0.2) is 0 Å². The molecule has 2 aromatic rings. The summed E-state index contributed by atoms with van der Waals surface area (Å²) in [6, 6.07) is 13.4. The lowest BCUT2D eigenvalue weighted by Crippen LogP contribution is -1.88. The molecule has 0 spiro atoms. The van der Waals surface area contributed by atoms with Gasteiger partial charge in [0, 0.05) is 9.79 Å². The highest BCUT2D eigenvalue weighted by atomic mass is 32.2. The van der Waals surface area contributed by atoms with Gasteiger partial charge in [0.2, 0.25) is 0 Å². The zero-order chi connectivity index (χ0) is 13.1. The van der Waals surface area contributed by atoms with Crippen LogP contribution in [0.15, 0.2) is 46.2 Å². The lowest BCUT2D eigenvalue weighted by molar-refractivity contribution is 1.32. The fourth-order valence-electron chi connectivity index (χ4n) is 2.04. The molecule has 0 fully saturated rings. The predicted molar refractivity (Wildman–Crippen MR) is 84.9 cm³/mol. The molecule has 0 bridgehead atoms. The van der Waals surface area contributed by atoms with Crippen LogP contribution in [0.3, 0.4) is 0 Å². The van der Waals surface area contributed by atoms with Gasteiger partial charge in [0.25, 0.3) is 0 Å². The fraction of sp³-hybridized carbons (Fsp3) is 0.250. The van der Waals surface area contributed by atoms with E-state index in [-0.39, 0.29) is 0 Å². The van der Waals surface area contributed by atoms with Gasteiger partial charge >= 0.3 is 0 Å². The van der Waals surface area contributed by atoms with Crippen LogP contribution in [0.4, 0.5) is 0 Å². The molecule has 0 saturated heterocycles. The molecule has 0 aliphatic carbocycles. The van der Waals surface area contributed by atoms with Crippen molar-refractivity contribution in [2.24, 2.45) is 0 Å². The third-order valence-electron chi connectivity index (χ3n) is 3.18. The summed E-state index contributed by atoms with van der Waals surface area (Å²) in [6.07, 6.45) is 4.25. The molecular weight excluding hydrogens is 256 g/mol. The van der Waals surface area contributed by atoms with E-state index in [1.54, 1.807) is 23.5 Å². The minimum absolute atomic E-state index is 1.32. The first-order valence-electron chi connectivity index (χ1n) is 5.95. The average Bonchev–Trinajstić information content (AvgIpc) is 2.40. The van der Waals surface area contributed by atoms with Gasteiger partial charge in [0.1, 0.15) is 0 Å². The van der Waals surface area contributed by atoms with Crippen molar-refractivity contribution in [1.29, 1.82) is 0 Å². The Kier molecular flexibility index (Phi) is 4.41. The van der Waals surface area contributed by atoms with E-state index >= 15 is 0 Å². The topological polar surface area (TPSA) is 0 Å². The molecule has 0 amide bonds. The van der Waals surface area contributed by atoms with Crippen LogP contribution in [0, 0.1) is 13.8 Å². The van der Waals surface area contributed by atoms with Crippen molar-refractivity contribution >= 4 is 23.5 Å². The third-order valence-corrected chi connectivity index (χ3v) is 4.63. The summed E-state index contributed by atoms with van der Waals surface area (Å²) < 4.78 is 0. The second kappa shape index (κ2) is 5.85. The van der Waals surface area contributed by atoms with E-state index in [0.29, 0.717) is 0 Å². The SMILES string of the molecule is CSc1ccc(C)c(-c2cc(SC)ccc2C)c1. The summed E-state index contributed by atoms with van der Waals surface area (Å²) in [5.74, 6) is 0. The molecule has 0 nitrogen and oxygen atoms in total. The first kappa shape index (κ1) is 13.6. The van der Waals surface area contributed by atoms with E-state index in [0.717, 1.165) is 0 Å². The van der Waals surface area contributed by atoms with Gasteiger partial charge in [-0.2, -0.15) is 0 Å². The summed E-state index contributed by atoms with van der Waals surface area (Å²) in [7, 11) is 0. The van der Waals surface area contributed by atoms with Crippen molar-refractivity contribution in [3.05, 3.63) is 47.5 Å². The second-order valence-electron chi connectivity index (χ2n) is 4.36. The molecule has 2 rings (SSSR count). The van der Waals surface area contributed by atoms with Crippen LogP contribution < -0.4 is 0 Å². The van der Waals surface area contributed by atoms with E-state index < -0.39 is 0 Å². The van der Waals surface area contributed by atoms with Crippen LogP contribution in [0.25, 0.3) is 11.1 Å². The smallest absolute Gasteiger partial charge is 0.00754 e. The molecule has 0 saturated carbocycles. The largest absolute Gasteiger partial charge is 0.130 e. The van der Waals surface area contributed by atoms with E-state index in [2.05, 4.69) is 62.8 Å². The molecular formula is C16H18S2. The Balaban J connectivity index is 2.60. The van der Waals surface area contributed by atoms with E-state index in [1.165, 1.54) is 32.0 Å². The maximum Gasteiger partial charge on any atom is 0.00754 e. The highest BCUT2D eigenvalue weighted by Gasteiger charge is 2.07. The Hall–Kier alpha value is -0.860. The molecule has 0 aromatic heterocycles. The highest BCUT2D eigenvalue weighted by Crippen LogP contribution is 2.32. The van der Waals surface area contributed by atoms with Gasteiger partial charge in [0.05, 0.1) is 0 Å². The minimum Gasteiger partial charge on any atom is -0.130 e. The molecule has 18 heavy (non-hydrogen) atoms. The normalized spacial score (nSPS) is 10.7. The van der Waals surface area contributed by atoms with Gasteiger partial charge < -0.3 is 0 Å². The summed E-state index contributed by atoms with van der Waals surface area (Å²) in [5.41, 5.74) is 5.40. The van der Waals surface area contributed by atoms with E-state index in [1.807, 2.05) is 0 Å². The van der Waals surface area contributed by atoms with Crippen LogP contribution in [0.1, 0.15) is 11.1 Å². The van der Waals surface area contributed by atoms with Crippen molar-refractivity contribution in [2.45, 2.75) is 23.6 Å². The zero-order valence-corrected chi connectivity index (χ0v) is 12.9. The number of hydrogen-bond donors (Lipinski definition) is 0. The molecule has 0 radical (unpaired) electrons. The Morgan fingerprint density at radius 2 is 1.06 bits per heavy atom. The van der Waals surface area contributed by atoms with Gasteiger partial charge in [-0.05, 0) is 72.9 Å². The van der Waals surface area contributed by atoms with Crippen molar-refractivity contribution < 1.29 is 0 Å². The Bertz CT molecular complexity index is 508. The zero-order valence-electron chi connectivity index (χ0n) is 11.3. The minimum atomic E-state index is 1.32. The molecule has 0 heterocycles. The van der Waals surface area contributed by atoms with Crippen LogP contribution in [0.5, 0.6) is 0 Å². The standard InChI is InChI=1S/C16H18S2/c1-11-5-7-13(17-3)9-15(11)16-10-14(18-4)8-6-12(16)2/h5-10H,1-4H3. The summed E-state index contributed by atoms with van der Waals surface area (Å²) >= 11 is 3.59. The second-order valence-corrected chi connectivity index (χ2v) is 6.12. The summed E-state index contributed by atoms with van der Waals surface area (Å²) in [4.78, 5) is 2.65. The van der Waals surface area contributed by atoms with Crippen LogP contribution in [-0.2, 0) is 0 Å². The molecule has 0 unspecified atom stereocenters. The van der Waals surface area contributed by atoms with Crippen molar-refractivity contribution in [3.8, 4) is 11.1 Å². The molecule has 0 N–H and O–H groups in total. The number of thioether (sulfide) groups is 2. The maximum absolute atomic E-state index is 2.30. The number of rotatable bonds is 3. The van der Waals surface area contributed by atoms with Crippen molar-refractivity contribution in [1.82, 2.24) is 0 Å². The molecule has 0 aliphatic heterocycles. The van der Waals surface area contributed by atoms with Gasteiger partial charge in [-0.1, -0.05) is 12.1 Å². The van der Waals surface area contributed by atoms with E-state index in [4.69, 9.17) is 0 Å². The van der Waals surface area contributed by atoms with Crippen molar-refractivity contribution in [3.63, 3.8) is 0 Å². The first-order valence-corrected chi connectivity index (χ1v) is 8.40. The van der Waals surface area contributed by atoms with Gasteiger partial charge in [0.15, 0.2) is 0 Å². The van der Waals surface area contributed by atoms with Crippen LogP contribution in [-0.4, -0.2) is 12.5 Å². The van der Waals surface area contributed by atoms with Gasteiger partial charge in [-0.3, -0.25) is 0 Å². The number of aryl methyl sites for hydroxylation is 2. The van der Waals surface area contributed by atoms with Gasteiger partial charge in [-0.15, -0.1) is 23.5 Å². The molecule has 94 valence electrons. The first-order chi connectivity index (χ1) is 8.65. The predicted octanol–water partition coefficient (Wildman–Crippen LogP) is 5.41. The molecule has 0 aliphatic rings. The maximum atomic E-state index is 2.30. The molecule has 2 heteroatoms.